The summed E-state index contributed by atoms with van der Waals surface area (Å²) in [6.07, 6.45) is 1.77. The molecular formula is C23H21IN3O4S+. The maximum absolute atomic E-state index is 12.6. The Morgan fingerprint density at radius 1 is 1.06 bits per heavy atom. The molecular weight excluding hydrogens is 541 g/mol. The lowest BCUT2D eigenvalue weighted by Crippen LogP contribution is -3.61. The third kappa shape index (κ3) is 5.72. The number of fused-ring (bicyclic) bond motifs is 1. The normalized spacial score (nSPS) is 10.8. The molecule has 0 fully saturated rings. The summed E-state index contributed by atoms with van der Waals surface area (Å²) in [7, 11) is 1.65. The molecule has 9 heteroatoms. The highest BCUT2D eigenvalue weighted by Gasteiger charge is 2.18. The van der Waals surface area contributed by atoms with Gasteiger partial charge >= 0.3 is 21.2 Å². The van der Waals surface area contributed by atoms with Crippen LogP contribution in [0.4, 0.5) is 5.13 Å². The third-order valence-electron chi connectivity index (χ3n) is 4.32. The number of aromatic nitrogens is 2. The molecule has 0 saturated heterocycles. The minimum Gasteiger partial charge on any atom is -0.497 e. The third-order valence-corrected chi connectivity index (χ3v) is 7.86. The topological polar surface area (TPSA) is 82.6 Å². The number of nitrogens with one attached hydrogen (secondary N) is 1. The number of ether oxygens (including phenoxy) is 3. The fourth-order valence-electron chi connectivity index (χ4n) is 2.73. The van der Waals surface area contributed by atoms with Crippen molar-refractivity contribution >= 4 is 32.6 Å². The predicted molar refractivity (Wildman–Crippen MR) is 119 cm³/mol. The van der Waals surface area contributed by atoms with Gasteiger partial charge in [-0.1, -0.05) is 11.3 Å². The van der Waals surface area contributed by atoms with E-state index in [0.29, 0.717) is 23.2 Å². The Morgan fingerprint density at radius 2 is 1.84 bits per heavy atom. The van der Waals surface area contributed by atoms with E-state index in [9.17, 15) is 4.79 Å². The van der Waals surface area contributed by atoms with Crippen LogP contribution in [0.1, 0.15) is 17.4 Å². The second-order valence-electron chi connectivity index (χ2n) is 6.47. The van der Waals surface area contributed by atoms with Gasteiger partial charge in [0.15, 0.2) is 15.5 Å². The number of hydrogen-bond acceptors (Lipinski definition) is 7. The van der Waals surface area contributed by atoms with Crippen LogP contribution >= 0.6 is 11.3 Å². The molecule has 0 unspecified atom stereocenters. The van der Waals surface area contributed by atoms with Crippen LogP contribution in [0.25, 0.3) is 10.2 Å². The number of carbonyl (C=O) groups excluding carboxylic acids is 1. The minimum atomic E-state index is -0.375. The number of carbonyl (C=O) groups is 1. The summed E-state index contributed by atoms with van der Waals surface area (Å²) < 4.78 is 19.2. The molecule has 2 heterocycles. The van der Waals surface area contributed by atoms with Gasteiger partial charge in [-0.25, -0.2) is 9.97 Å². The Hall–Kier alpha value is -2.76. The monoisotopic (exact) mass is 562 g/mol. The van der Waals surface area contributed by atoms with Crippen molar-refractivity contribution in [3.63, 3.8) is 0 Å². The maximum atomic E-state index is 12.6. The molecule has 0 atom stereocenters. The molecule has 0 aliphatic heterocycles. The van der Waals surface area contributed by atoms with E-state index in [2.05, 4.69) is 27.4 Å². The zero-order chi connectivity index (χ0) is 22.3. The number of anilines is 1. The summed E-state index contributed by atoms with van der Waals surface area (Å²) in [5.74, 6) is 1.25. The molecule has 1 amide bonds. The van der Waals surface area contributed by atoms with Crippen LogP contribution in [0.2, 0.25) is 0 Å². The first-order valence-corrected chi connectivity index (χ1v) is 12.8. The molecule has 0 bridgehead atoms. The number of hydrogen-bond donors (Lipinski definition) is 1. The number of benzene rings is 2. The van der Waals surface area contributed by atoms with Gasteiger partial charge in [0.1, 0.15) is 17.2 Å². The molecule has 0 radical (unpaired) electrons. The highest BCUT2D eigenvalue weighted by Crippen LogP contribution is 2.29. The summed E-state index contributed by atoms with van der Waals surface area (Å²) >= 11 is 1.01. The fraction of sp³-hybridized carbons (Fsp3) is 0.174. The van der Waals surface area contributed by atoms with E-state index >= 15 is 0 Å². The number of nitrogens with zero attached hydrogens (tertiary/aromatic N) is 2. The number of amides is 1. The number of rotatable bonds is 9. The van der Waals surface area contributed by atoms with Crippen LogP contribution in [0.15, 0.2) is 60.8 Å². The summed E-state index contributed by atoms with van der Waals surface area (Å²) in [5.41, 5.74) is 1.15. The highest BCUT2D eigenvalue weighted by atomic mass is 127. The van der Waals surface area contributed by atoms with Gasteiger partial charge in [0, 0.05) is 6.61 Å². The number of pyridine rings is 1. The van der Waals surface area contributed by atoms with Crippen LogP contribution in [-0.4, -0.2) is 36.4 Å². The van der Waals surface area contributed by atoms with Gasteiger partial charge in [-0.05, 0) is 61.5 Å². The van der Waals surface area contributed by atoms with Crippen LogP contribution in [0, 0.1) is 7.14 Å². The summed E-state index contributed by atoms with van der Waals surface area (Å²) in [4.78, 5) is 21.4. The molecule has 0 aliphatic carbocycles. The van der Waals surface area contributed by atoms with E-state index in [4.69, 9.17) is 14.2 Å². The van der Waals surface area contributed by atoms with Crippen LogP contribution in [-0.2, 0) is 4.74 Å². The van der Waals surface area contributed by atoms with Gasteiger partial charge in [-0.15, -0.1) is 0 Å². The average Bonchev–Trinajstić information content (AvgIpc) is 3.21. The van der Waals surface area contributed by atoms with E-state index in [0.717, 1.165) is 19.5 Å². The first-order valence-electron chi connectivity index (χ1n) is 9.82. The first kappa shape index (κ1) is 22.4. The SMILES string of the molecule is CCOCOc1ccc2nc(NC(=O)c3ccc([I+]c4ccc(OC)cc4)cn3)sc2c1. The van der Waals surface area contributed by atoms with Gasteiger partial charge in [-0.2, -0.15) is 0 Å². The highest BCUT2D eigenvalue weighted by molar-refractivity contribution is 7.22. The summed E-state index contributed by atoms with van der Waals surface area (Å²) in [5, 5.41) is 3.35. The minimum absolute atomic E-state index is 0.201. The van der Waals surface area contributed by atoms with Gasteiger partial charge < -0.3 is 14.2 Å². The summed E-state index contributed by atoms with van der Waals surface area (Å²) in [6.45, 7) is 2.71. The average molecular weight is 562 g/mol. The summed E-state index contributed by atoms with van der Waals surface area (Å²) in [6, 6.07) is 17.3. The van der Waals surface area contributed by atoms with Crippen LogP contribution < -0.4 is 36.0 Å². The Kier molecular flexibility index (Phi) is 7.51. The molecule has 4 rings (SSSR count). The second-order valence-corrected chi connectivity index (χ2v) is 10.5. The lowest BCUT2D eigenvalue weighted by molar-refractivity contribution is -0.597. The zero-order valence-electron chi connectivity index (χ0n) is 17.5. The fourth-order valence-corrected chi connectivity index (χ4v) is 5.69. The van der Waals surface area contributed by atoms with Crippen molar-refractivity contribution in [1.29, 1.82) is 0 Å². The standard InChI is InChI=1S/C23H20IN3O4S/c1-3-30-14-31-18-9-11-19-21(12-18)32-23(26-19)27-22(28)20-10-6-16(13-25-20)24-15-4-7-17(29-2)8-5-15/h4-13H,3,14H2,1-2H3/p+1. The Labute approximate surface area is 200 Å². The van der Waals surface area contributed by atoms with Crippen LogP contribution in [0.5, 0.6) is 11.5 Å². The van der Waals surface area contributed by atoms with Crippen molar-refractivity contribution in [2.45, 2.75) is 6.92 Å². The smallest absolute Gasteiger partial charge is 0.359 e. The van der Waals surface area contributed by atoms with E-state index in [1.165, 1.54) is 14.9 Å². The molecule has 32 heavy (non-hydrogen) atoms. The predicted octanol–water partition coefficient (Wildman–Crippen LogP) is 1.45. The van der Waals surface area contributed by atoms with Gasteiger partial charge in [0.2, 0.25) is 3.57 Å². The maximum Gasteiger partial charge on any atom is 0.359 e. The lowest BCUT2D eigenvalue weighted by atomic mass is 10.3. The molecule has 7 nitrogen and oxygen atoms in total. The van der Waals surface area contributed by atoms with Gasteiger partial charge in [0.25, 0.3) is 5.91 Å². The van der Waals surface area contributed by atoms with Gasteiger partial charge in [0.05, 0.1) is 23.5 Å². The van der Waals surface area contributed by atoms with E-state index in [1.54, 1.807) is 19.4 Å². The van der Waals surface area contributed by atoms with Crippen molar-refractivity contribution in [3.8, 4) is 11.5 Å². The quantitative estimate of drug-likeness (QED) is 0.189. The van der Waals surface area contributed by atoms with E-state index < -0.39 is 0 Å². The molecule has 0 spiro atoms. The molecule has 1 N–H and O–H groups in total. The molecule has 164 valence electrons. The molecule has 0 aliphatic rings. The molecule has 2 aromatic carbocycles. The lowest BCUT2D eigenvalue weighted by Gasteiger charge is -2.04. The Balaban J connectivity index is 1.39. The molecule has 4 aromatic rings. The van der Waals surface area contributed by atoms with Crippen molar-refractivity contribution < 1.29 is 40.2 Å². The molecule has 0 saturated carbocycles. The van der Waals surface area contributed by atoms with Crippen molar-refractivity contribution in [2.75, 3.05) is 25.8 Å². The number of halogens is 1. The Bertz CT molecular complexity index is 1200. The molecule has 2 aromatic heterocycles. The Morgan fingerprint density at radius 3 is 2.56 bits per heavy atom. The van der Waals surface area contributed by atoms with Crippen molar-refractivity contribution in [2.24, 2.45) is 0 Å². The van der Waals surface area contributed by atoms with Crippen molar-refractivity contribution in [3.05, 3.63) is 73.6 Å². The first-order chi connectivity index (χ1) is 15.6. The number of thiazole rings is 1. The van der Waals surface area contributed by atoms with E-state index in [1.807, 2.05) is 43.3 Å². The number of methoxy groups -OCH3 is 1. The van der Waals surface area contributed by atoms with Gasteiger partial charge in [-0.3, -0.25) is 10.1 Å². The zero-order valence-corrected chi connectivity index (χ0v) is 20.5. The van der Waals surface area contributed by atoms with Crippen molar-refractivity contribution in [1.82, 2.24) is 9.97 Å². The largest absolute Gasteiger partial charge is 0.497 e. The van der Waals surface area contributed by atoms with Crippen LogP contribution in [0.3, 0.4) is 0 Å². The van der Waals surface area contributed by atoms with E-state index in [-0.39, 0.29) is 33.9 Å². The second kappa shape index (κ2) is 10.7.